The van der Waals surface area contributed by atoms with Crippen molar-refractivity contribution >= 4 is 0 Å². The van der Waals surface area contributed by atoms with Gasteiger partial charge in [-0.15, -0.1) is 0 Å². The van der Waals surface area contributed by atoms with Crippen LogP contribution >= 0.6 is 0 Å². The first-order chi connectivity index (χ1) is 4.30. The van der Waals surface area contributed by atoms with E-state index in [2.05, 4.69) is 0 Å². The van der Waals surface area contributed by atoms with Crippen molar-refractivity contribution in [2.75, 3.05) is 13.2 Å². The Bertz CT molecular complexity index is 122. The van der Waals surface area contributed by atoms with E-state index in [1.165, 1.54) is 0 Å². The van der Waals surface area contributed by atoms with Crippen LogP contribution in [0.3, 0.4) is 0 Å². The Morgan fingerprint density at radius 3 is 2.89 bits per heavy atom. The molecule has 0 aliphatic carbocycles. The van der Waals surface area contributed by atoms with Gasteiger partial charge in [0.25, 0.3) is 0 Å². The molecule has 0 saturated carbocycles. The molecular weight excluding hydrogens is 121 g/mol. The number of ether oxygens (including phenoxy) is 1. The zero-order chi connectivity index (χ0) is 6.69. The van der Waals surface area contributed by atoms with E-state index in [1.54, 1.807) is 6.08 Å². The molecule has 0 radical (unpaired) electrons. The highest BCUT2D eigenvalue weighted by molar-refractivity contribution is 5.08. The van der Waals surface area contributed by atoms with Crippen molar-refractivity contribution in [1.82, 2.24) is 0 Å². The van der Waals surface area contributed by atoms with Crippen LogP contribution in [0, 0.1) is 0 Å². The second kappa shape index (κ2) is 2.94. The molecule has 9 heavy (non-hydrogen) atoms. The number of hydrogen-bond donors (Lipinski definition) is 1. The molecule has 3 heteroatoms. The highest BCUT2D eigenvalue weighted by Crippen LogP contribution is 2.10. The molecule has 2 N–H and O–H groups in total. The van der Waals surface area contributed by atoms with Gasteiger partial charge in [0.1, 0.15) is 0 Å². The molecule has 1 atom stereocenters. The Labute approximate surface area is 53.5 Å². The predicted molar refractivity (Wildman–Crippen MR) is 32.6 cm³/mol. The summed E-state index contributed by atoms with van der Waals surface area (Å²) in [6.07, 6.45) is 1.06. The van der Waals surface area contributed by atoms with Crippen molar-refractivity contribution in [2.24, 2.45) is 5.73 Å². The lowest BCUT2D eigenvalue weighted by Gasteiger charge is -2.13. The summed E-state index contributed by atoms with van der Waals surface area (Å²) in [5.74, 6) is 0. The molecule has 1 heterocycles. The zero-order valence-electron chi connectivity index (χ0n) is 5.14. The third-order valence-electron chi connectivity index (χ3n) is 1.35. The minimum Gasteiger partial charge on any atom is -0.377 e. The van der Waals surface area contributed by atoms with Gasteiger partial charge in [-0.3, -0.25) is 5.73 Å². The van der Waals surface area contributed by atoms with E-state index in [0.717, 1.165) is 0 Å². The first-order valence-corrected chi connectivity index (χ1v) is 2.97. The summed E-state index contributed by atoms with van der Waals surface area (Å²) in [5, 5.41) is 0. The van der Waals surface area contributed by atoms with Gasteiger partial charge >= 0.3 is 0 Å². The SMILES string of the molecule is NC(F)C1=CCOCC1. The van der Waals surface area contributed by atoms with Crippen LogP contribution in [0.1, 0.15) is 6.42 Å². The standard InChI is InChI=1S/C6H10FNO/c7-6(8)5-1-3-9-4-2-5/h1,6H,2-4,8H2. The summed E-state index contributed by atoms with van der Waals surface area (Å²) in [7, 11) is 0. The van der Waals surface area contributed by atoms with Gasteiger partial charge in [0.15, 0.2) is 6.30 Å². The highest BCUT2D eigenvalue weighted by Gasteiger charge is 2.09. The normalized spacial score (nSPS) is 23.1. The van der Waals surface area contributed by atoms with E-state index in [0.29, 0.717) is 25.2 Å². The van der Waals surface area contributed by atoms with Crippen LogP contribution < -0.4 is 5.73 Å². The summed E-state index contributed by atoms with van der Waals surface area (Å²) in [5.41, 5.74) is 5.64. The fourth-order valence-corrected chi connectivity index (χ4v) is 0.792. The van der Waals surface area contributed by atoms with Gasteiger partial charge in [-0.2, -0.15) is 0 Å². The van der Waals surface area contributed by atoms with Crippen molar-refractivity contribution in [3.63, 3.8) is 0 Å². The van der Waals surface area contributed by atoms with Gasteiger partial charge in [-0.25, -0.2) is 4.39 Å². The summed E-state index contributed by atoms with van der Waals surface area (Å²) < 4.78 is 17.2. The Morgan fingerprint density at radius 2 is 2.56 bits per heavy atom. The minimum atomic E-state index is -1.28. The molecule has 2 nitrogen and oxygen atoms in total. The van der Waals surface area contributed by atoms with Gasteiger partial charge in [-0.05, 0) is 12.0 Å². The Morgan fingerprint density at radius 1 is 1.78 bits per heavy atom. The first-order valence-electron chi connectivity index (χ1n) is 2.97. The number of nitrogens with two attached hydrogens (primary N) is 1. The van der Waals surface area contributed by atoms with Crippen molar-refractivity contribution < 1.29 is 9.13 Å². The van der Waals surface area contributed by atoms with Gasteiger partial charge in [-0.1, -0.05) is 6.08 Å². The number of hydrogen-bond acceptors (Lipinski definition) is 2. The van der Waals surface area contributed by atoms with E-state index < -0.39 is 6.30 Å². The van der Waals surface area contributed by atoms with Crippen molar-refractivity contribution in [1.29, 1.82) is 0 Å². The Balaban J connectivity index is 2.46. The topological polar surface area (TPSA) is 35.2 Å². The molecule has 0 fully saturated rings. The summed E-state index contributed by atoms with van der Waals surface area (Å²) in [6.45, 7) is 1.11. The molecule has 0 aromatic heterocycles. The van der Waals surface area contributed by atoms with Gasteiger partial charge in [0, 0.05) is 0 Å². The van der Waals surface area contributed by atoms with Crippen LogP contribution in [0.25, 0.3) is 0 Å². The molecule has 0 amide bonds. The molecule has 1 aliphatic rings. The largest absolute Gasteiger partial charge is 0.377 e. The Hall–Kier alpha value is -0.410. The lowest BCUT2D eigenvalue weighted by atomic mass is 10.1. The van der Waals surface area contributed by atoms with E-state index in [4.69, 9.17) is 10.5 Å². The molecule has 0 spiro atoms. The average molecular weight is 131 g/mol. The molecule has 1 rings (SSSR count). The molecule has 0 saturated heterocycles. The zero-order valence-corrected chi connectivity index (χ0v) is 5.14. The van der Waals surface area contributed by atoms with Gasteiger partial charge in [0.05, 0.1) is 13.2 Å². The van der Waals surface area contributed by atoms with Crippen molar-refractivity contribution in [3.05, 3.63) is 11.6 Å². The van der Waals surface area contributed by atoms with Crippen LogP contribution in [0.2, 0.25) is 0 Å². The smallest absolute Gasteiger partial charge is 0.170 e. The molecular formula is C6H10FNO. The molecule has 0 aromatic rings. The third-order valence-corrected chi connectivity index (χ3v) is 1.35. The van der Waals surface area contributed by atoms with E-state index in [-0.39, 0.29) is 0 Å². The van der Waals surface area contributed by atoms with Crippen LogP contribution in [0.15, 0.2) is 11.6 Å². The van der Waals surface area contributed by atoms with Gasteiger partial charge < -0.3 is 4.74 Å². The second-order valence-electron chi connectivity index (χ2n) is 2.01. The van der Waals surface area contributed by atoms with Crippen molar-refractivity contribution in [2.45, 2.75) is 12.7 Å². The van der Waals surface area contributed by atoms with E-state index >= 15 is 0 Å². The molecule has 52 valence electrons. The maximum atomic E-state index is 12.2. The molecule has 0 aromatic carbocycles. The van der Waals surface area contributed by atoms with E-state index in [9.17, 15) is 4.39 Å². The monoisotopic (exact) mass is 131 g/mol. The lowest BCUT2D eigenvalue weighted by molar-refractivity contribution is 0.148. The van der Waals surface area contributed by atoms with Crippen LogP contribution in [-0.2, 0) is 4.74 Å². The lowest BCUT2D eigenvalue weighted by Crippen LogP contribution is -2.20. The van der Waals surface area contributed by atoms with Crippen LogP contribution in [-0.4, -0.2) is 19.5 Å². The minimum absolute atomic E-state index is 0.507. The Kier molecular flexibility index (Phi) is 2.19. The molecule has 0 bridgehead atoms. The maximum Gasteiger partial charge on any atom is 0.170 e. The third kappa shape index (κ3) is 1.77. The maximum absolute atomic E-state index is 12.2. The average Bonchev–Trinajstić information content (AvgIpc) is 1.90. The summed E-state index contributed by atoms with van der Waals surface area (Å²) >= 11 is 0. The van der Waals surface area contributed by atoms with Crippen LogP contribution in [0.5, 0.6) is 0 Å². The predicted octanol–water partition coefficient (Wildman–Crippen LogP) is 0.587. The van der Waals surface area contributed by atoms with Crippen LogP contribution in [0.4, 0.5) is 4.39 Å². The fraction of sp³-hybridized carbons (Fsp3) is 0.667. The van der Waals surface area contributed by atoms with E-state index in [1.807, 2.05) is 0 Å². The number of rotatable bonds is 1. The number of alkyl halides is 1. The molecule has 1 aliphatic heterocycles. The fourth-order valence-electron chi connectivity index (χ4n) is 0.792. The van der Waals surface area contributed by atoms with Crippen molar-refractivity contribution in [3.8, 4) is 0 Å². The summed E-state index contributed by atoms with van der Waals surface area (Å²) in [4.78, 5) is 0. The first kappa shape index (κ1) is 6.71. The quantitative estimate of drug-likeness (QED) is 0.417. The molecule has 1 unspecified atom stereocenters. The van der Waals surface area contributed by atoms with Gasteiger partial charge in [0.2, 0.25) is 0 Å². The highest BCUT2D eigenvalue weighted by atomic mass is 19.1. The second-order valence-corrected chi connectivity index (χ2v) is 2.01. The summed E-state index contributed by atoms with van der Waals surface area (Å²) in [6, 6.07) is 0. The number of halogens is 1.